The number of nitrogens with zero attached hydrogens (tertiary/aromatic N) is 3. The number of likely N-dealkylation sites (tertiary alicyclic amines) is 1. The molecule has 2 aromatic heterocycles. The second kappa shape index (κ2) is 7.84. The quantitative estimate of drug-likeness (QED) is 0.759. The monoisotopic (exact) mass is 376 g/mol. The summed E-state index contributed by atoms with van der Waals surface area (Å²) >= 11 is 0. The van der Waals surface area contributed by atoms with E-state index in [0.29, 0.717) is 23.4 Å². The number of fused-ring (bicyclic) bond motifs is 1. The number of piperidine rings is 1. The summed E-state index contributed by atoms with van der Waals surface area (Å²) in [5.41, 5.74) is 3.58. The highest BCUT2D eigenvalue weighted by Gasteiger charge is 2.20. The predicted molar refractivity (Wildman–Crippen MR) is 110 cm³/mol. The molecule has 0 saturated carbocycles. The van der Waals surface area contributed by atoms with Crippen LogP contribution in [0.1, 0.15) is 40.9 Å². The summed E-state index contributed by atoms with van der Waals surface area (Å²) in [6.07, 6.45) is 5.03. The summed E-state index contributed by atoms with van der Waals surface area (Å²) in [6, 6.07) is 12.9. The molecule has 0 spiro atoms. The molecule has 0 radical (unpaired) electrons. The Balaban J connectivity index is 1.57. The zero-order valence-electron chi connectivity index (χ0n) is 16.0. The third-order valence-corrected chi connectivity index (χ3v) is 5.20. The Morgan fingerprint density at radius 2 is 1.89 bits per heavy atom. The lowest BCUT2D eigenvalue weighted by Crippen LogP contribution is -2.36. The average molecular weight is 376 g/mol. The van der Waals surface area contributed by atoms with Crippen molar-refractivity contribution < 1.29 is 4.79 Å². The second-order valence-corrected chi connectivity index (χ2v) is 7.22. The lowest BCUT2D eigenvalue weighted by atomic mass is 10.1. The van der Waals surface area contributed by atoms with Crippen molar-refractivity contribution in [3.8, 4) is 0 Å². The number of carbonyl (C=O) groups is 1. The third-order valence-electron chi connectivity index (χ3n) is 5.20. The summed E-state index contributed by atoms with van der Waals surface area (Å²) in [4.78, 5) is 31.8. The Morgan fingerprint density at radius 1 is 1.11 bits per heavy atom. The highest BCUT2D eigenvalue weighted by molar-refractivity contribution is 5.99. The Kier molecular flexibility index (Phi) is 5.10. The van der Waals surface area contributed by atoms with Crippen molar-refractivity contribution in [1.82, 2.24) is 14.3 Å². The van der Waals surface area contributed by atoms with Gasteiger partial charge in [0.2, 0.25) is 0 Å². The van der Waals surface area contributed by atoms with E-state index in [1.54, 1.807) is 10.6 Å². The fraction of sp³-hybridized carbons (Fsp3) is 0.318. The topological polar surface area (TPSA) is 66.7 Å². The van der Waals surface area contributed by atoms with E-state index in [0.717, 1.165) is 37.2 Å². The van der Waals surface area contributed by atoms with Crippen LogP contribution in [0.25, 0.3) is 5.65 Å². The van der Waals surface area contributed by atoms with Gasteiger partial charge in [-0.05, 0) is 49.9 Å². The largest absolute Gasteiger partial charge is 0.379 e. The molecular weight excluding hydrogens is 352 g/mol. The minimum absolute atomic E-state index is 0.0604. The molecule has 0 aliphatic carbocycles. The Labute approximate surface area is 163 Å². The maximum absolute atomic E-state index is 12.9. The summed E-state index contributed by atoms with van der Waals surface area (Å²) < 4.78 is 1.55. The number of carbonyl (C=O) groups excluding carboxylic acids is 1. The van der Waals surface area contributed by atoms with Crippen molar-refractivity contribution in [2.24, 2.45) is 0 Å². The maximum atomic E-state index is 12.9. The average Bonchev–Trinajstić information content (AvgIpc) is 2.73. The number of nitrogens with one attached hydrogen (secondary N) is 1. The molecule has 0 atom stereocenters. The summed E-state index contributed by atoms with van der Waals surface area (Å²) in [6.45, 7) is 3.95. The van der Waals surface area contributed by atoms with E-state index in [2.05, 4.69) is 10.3 Å². The highest BCUT2D eigenvalue weighted by Crippen LogP contribution is 2.20. The molecule has 1 amide bonds. The number of amides is 1. The van der Waals surface area contributed by atoms with Gasteiger partial charge in [0.05, 0.1) is 17.8 Å². The molecule has 1 fully saturated rings. The van der Waals surface area contributed by atoms with Gasteiger partial charge in [0.25, 0.3) is 11.5 Å². The molecular formula is C22H24N4O2. The van der Waals surface area contributed by atoms with Crippen LogP contribution in [-0.2, 0) is 6.54 Å². The van der Waals surface area contributed by atoms with Gasteiger partial charge in [-0.1, -0.05) is 18.2 Å². The SMILES string of the molecule is Cc1cccn2c(=O)cc(CNc3ccccc3C(=O)N3CCCCC3)nc12. The number of pyridine rings is 1. The van der Waals surface area contributed by atoms with Gasteiger partial charge in [-0.15, -0.1) is 0 Å². The van der Waals surface area contributed by atoms with E-state index < -0.39 is 0 Å². The summed E-state index contributed by atoms with van der Waals surface area (Å²) in [5, 5.41) is 3.30. The van der Waals surface area contributed by atoms with Crippen LogP contribution in [0.15, 0.2) is 53.5 Å². The molecule has 3 heterocycles. The summed E-state index contributed by atoms with van der Waals surface area (Å²) in [5.74, 6) is 0.0604. The first kappa shape index (κ1) is 18.2. The van der Waals surface area contributed by atoms with Gasteiger partial charge in [0, 0.05) is 31.0 Å². The number of benzene rings is 1. The number of para-hydroxylation sites is 1. The van der Waals surface area contributed by atoms with Gasteiger partial charge in [0.15, 0.2) is 0 Å². The molecule has 6 nitrogen and oxygen atoms in total. The molecule has 4 rings (SSSR count). The normalized spacial score (nSPS) is 14.2. The van der Waals surface area contributed by atoms with E-state index in [1.807, 2.05) is 48.2 Å². The molecule has 1 aliphatic heterocycles. The Morgan fingerprint density at radius 3 is 2.71 bits per heavy atom. The van der Waals surface area contributed by atoms with Crippen molar-refractivity contribution in [3.63, 3.8) is 0 Å². The molecule has 6 heteroatoms. The zero-order valence-corrected chi connectivity index (χ0v) is 16.0. The van der Waals surface area contributed by atoms with Gasteiger partial charge in [-0.25, -0.2) is 4.98 Å². The van der Waals surface area contributed by atoms with Crippen LogP contribution in [0, 0.1) is 6.92 Å². The Hall–Kier alpha value is -3.15. The van der Waals surface area contributed by atoms with Gasteiger partial charge in [0.1, 0.15) is 5.65 Å². The first-order valence-electron chi connectivity index (χ1n) is 9.73. The van der Waals surface area contributed by atoms with Crippen LogP contribution in [0.3, 0.4) is 0 Å². The van der Waals surface area contributed by atoms with Crippen LogP contribution >= 0.6 is 0 Å². The molecule has 1 N–H and O–H groups in total. The molecule has 1 aromatic carbocycles. The van der Waals surface area contributed by atoms with E-state index in [1.165, 1.54) is 12.5 Å². The number of hydrogen-bond acceptors (Lipinski definition) is 4. The molecule has 3 aromatic rings. The number of aryl methyl sites for hydroxylation is 1. The second-order valence-electron chi connectivity index (χ2n) is 7.22. The zero-order chi connectivity index (χ0) is 19.5. The minimum atomic E-state index is -0.108. The lowest BCUT2D eigenvalue weighted by Gasteiger charge is -2.27. The van der Waals surface area contributed by atoms with Crippen molar-refractivity contribution in [2.75, 3.05) is 18.4 Å². The third kappa shape index (κ3) is 3.63. The van der Waals surface area contributed by atoms with Crippen LogP contribution in [-0.4, -0.2) is 33.3 Å². The van der Waals surface area contributed by atoms with E-state index in [9.17, 15) is 9.59 Å². The predicted octanol–water partition coefficient (Wildman–Crippen LogP) is 3.24. The molecule has 0 unspecified atom stereocenters. The molecule has 1 saturated heterocycles. The molecule has 0 bridgehead atoms. The number of aromatic nitrogens is 2. The van der Waals surface area contributed by atoms with Gasteiger partial charge in [-0.3, -0.25) is 14.0 Å². The van der Waals surface area contributed by atoms with E-state index in [4.69, 9.17) is 0 Å². The first-order valence-corrected chi connectivity index (χ1v) is 9.73. The standard InChI is InChI=1S/C22H24N4O2/c1-16-8-7-13-26-20(27)14-17(24-21(16)26)15-23-19-10-4-3-9-18(19)22(28)25-11-5-2-6-12-25/h3-4,7-10,13-14,23H,2,5-6,11-12,15H2,1H3. The van der Waals surface area contributed by atoms with E-state index in [-0.39, 0.29) is 11.5 Å². The van der Waals surface area contributed by atoms with Gasteiger partial charge in [-0.2, -0.15) is 0 Å². The van der Waals surface area contributed by atoms with Crippen molar-refractivity contribution >= 4 is 17.2 Å². The van der Waals surface area contributed by atoms with Crippen molar-refractivity contribution in [1.29, 1.82) is 0 Å². The number of hydrogen-bond donors (Lipinski definition) is 1. The van der Waals surface area contributed by atoms with Crippen molar-refractivity contribution in [3.05, 3.63) is 75.8 Å². The van der Waals surface area contributed by atoms with E-state index >= 15 is 0 Å². The molecule has 1 aliphatic rings. The highest BCUT2D eigenvalue weighted by atomic mass is 16.2. The Bertz CT molecular complexity index is 1070. The molecule has 28 heavy (non-hydrogen) atoms. The lowest BCUT2D eigenvalue weighted by molar-refractivity contribution is 0.0725. The minimum Gasteiger partial charge on any atom is -0.379 e. The fourth-order valence-electron chi connectivity index (χ4n) is 3.68. The van der Waals surface area contributed by atoms with Crippen molar-refractivity contribution in [2.45, 2.75) is 32.7 Å². The first-order chi connectivity index (χ1) is 13.6. The smallest absolute Gasteiger partial charge is 0.258 e. The van der Waals surface area contributed by atoms with Gasteiger partial charge >= 0.3 is 0 Å². The number of anilines is 1. The van der Waals surface area contributed by atoms with Gasteiger partial charge < -0.3 is 10.2 Å². The summed E-state index contributed by atoms with van der Waals surface area (Å²) in [7, 11) is 0. The number of rotatable bonds is 4. The van der Waals surface area contributed by atoms with Crippen LogP contribution in [0.5, 0.6) is 0 Å². The van der Waals surface area contributed by atoms with Crippen LogP contribution in [0.2, 0.25) is 0 Å². The fourth-order valence-corrected chi connectivity index (χ4v) is 3.68. The molecule has 144 valence electrons. The van der Waals surface area contributed by atoms with Crippen LogP contribution < -0.4 is 10.9 Å². The maximum Gasteiger partial charge on any atom is 0.258 e. The van der Waals surface area contributed by atoms with Crippen LogP contribution in [0.4, 0.5) is 5.69 Å².